The first-order valence-corrected chi connectivity index (χ1v) is 7.10. The first kappa shape index (κ1) is 16.0. The van der Waals surface area contributed by atoms with Crippen LogP contribution < -0.4 is 5.32 Å². The van der Waals surface area contributed by atoms with Crippen molar-refractivity contribution in [3.63, 3.8) is 0 Å². The lowest BCUT2D eigenvalue weighted by Crippen LogP contribution is -2.52. The van der Waals surface area contributed by atoms with Crippen molar-refractivity contribution in [2.45, 2.75) is 52.0 Å². The molecular formula is C14H26N2O3. The summed E-state index contributed by atoms with van der Waals surface area (Å²) in [6.45, 7) is 6.72. The molecule has 1 unspecified atom stereocenters. The van der Waals surface area contributed by atoms with Gasteiger partial charge in [-0.2, -0.15) is 0 Å². The summed E-state index contributed by atoms with van der Waals surface area (Å²) in [5.41, 5.74) is -0.604. The molecular weight excluding hydrogens is 244 g/mol. The van der Waals surface area contributed by atoms with E-state index in [1.807, 2.05) is 6.92 Å². The van der Waals surface area contributed by atoms with Crippen LogP contribution in [0.25, 0.3) is 0 Å². The van der Waals surface area contributed by atoms with Gasteiger partial charge in [-0.15, -0.1) is 0 Å². The number of rotatable bonds is 5. The average Bonchev–Trinajstić information content (AvgIpc) is 2.38. The minimum atomic E-state index is -0.604. The average molecular weight is 270 g/mol. The Labute approximate surface area is 115 Å². The van der Waals surface area contributed by atoms with Crippen LogP contribution in [-0.2, 0) is 9.59 Å². The van der Waals surface area contributed by atoms with Crippen LogP contribution in [0, 0.1) is 5.92 Å². The van der Waals surface area contributed by atoms with E-state index in [0.29, 0.717) is 13.0 Å². The van der Waals surface area contributed by atoms with E-state index in [0.717, 1.165) is 25.8 Å². The molecule has 1 fully saturated rings. The summed E-state index contributed by atoms with van der Waals surface area (Å²) in [5, 5.41) is 12.0. The third-order valence-electron chi connectivity index (χ3n) is 3.47. The van der Waals surface area contributed by atoms with Gasteiger partial charge in [0.05, 0.1) is 18.1 Å². The van der Waals surface area contributed by atoms with Gasteiger partial charge in [0.2, 0.25) is 11.8 Å². The predicted octanol–water partition coefficient (Wildman–Crippen LogP) is 0.912. The zero-order valence-electron chi connectivity index (χ0n) is 12.2. The van der Waals surface area contributed by atoms with E-state index in [1.165, 1.54) is 0 Å². The summed E-state index contributed by atoms with van der Waals surface area (Å²) in [5.74, 6) is -0.0742. The number of nitrogens with one attached hydrogen (secondary N) is 1. The molecule has 2 amide bonds. The van der Waals surface area contributed by atoms with E-state index in [-0.39, 0.29) is 24.3 Å². The molecule has 1 heterocycles. The smallest absolute Gasteiger partial charge is 0.225 e. The van der Waals surface area contributed by atoms with Gasteiger partial charge in [0, 0.05) is 19.5 Å². The van der Waals surface area contributed by atoms with Crippen LogP contribution in [0.15, 0.2) is 0 Å². The molecule has 110 valence electrons. The monoisotopic (exact) mass is 270 g/mol. The molecule has 0 aromatic heterocycles. The number of hydrogen-bond acceptors (Lipinski definition) is 3. The number of nitrogens with zero attached hydrogens (tertiary/aromatic N) is 1. The minimum Gasteiger partial charge on any atom is -0.394 e. The lowest BCUT2D eigenvalue weighted by molar-refractivity contribution is -0.136. The van der Waals surface area contributed by atoms with Gasteiger partial charge >= 0.3 is 0 Å². The van der Waals surface area contributed by atoms with Crippen molar-refractivity contribution in [3.05, 3.63) is 0 Å². The topological polar surface area (TPSA) is 69.6 Å². The van der Waals surface area contributed by atoms with Crippen molar-refractivity contribution < 1.29 is 14.7 Å². The molecule has 0 aromatic carbocycles. The van der Waals surface area contributed by atoms with E-state index >= 15 is 0 Å². The van der Waals surface area contributed by atoms with Crippen molar-refractivity contribution in [1.82, 2.24) is 10.2 Å². The third kappa shape index (κ3) is 4.82. The molecule has 1 aliphatic rings. The van der Waals surface area contributed by atoms with Gasteiger partial charge in [-0.25, -0.2) is 0 Å². The molecule has 0 saturated carbocycles. The number of amides is 2. The molecule has 1 atom stereocenters. The van der Waals surface area contributed by atoms with Crippen molar-refractivity contribution >= 4 is 11.8 Å². The van der Waals surface area contributed by atoms with Crippen LogP contribution >= 0.6 is 0 Å². The Morgan fingerprint density at radius 2 is 2.11 bits per heavy atom. The van der Waals surface area contributed by atoms with Crippen LogP contribution in [-0.4, -0.2) is 47.1 Å². The summed E-state index contributed by atoms with van der Waals surface area (Å²) in [7, 11) is 0. The molecule has 1 aliphatic heterocycles. The highest BCUT2D eigenvalue weighted by molar-refractivity contribution is 5.81. The van der Waals surface area contributed by atoms with Crippen LogP contribution in [0.3, 0.4) is 0 Å². The van der Waals surface area contributed by atoms with Gasteiger partial charge < -0.3 is 15.3 Å². The zero-order chi connectivity index (χ0) is 14.5. The fourth-order valence-corrected chi connectivity index (χ4v) is 2.26. The molecule has 0 spiro atoms. The second-order valence-corrected chi connectivity index (χ2v) is 5.96. The first-order chi connectivity index (χ1) is 8.89. The number of carbonyl (C=O) groups is 2. The predicted molar refractivity (Wildman–Crippen MR) is 73.5 cm³/mol. The summed E-state index contributed by atoms with van der Waals surface area (Å²) >= 11 is 0. The molecule has 0 radical (unpaired) electrons. The highest BCUT2D eigenvalue weighted by atomic mass is 16.3. The van der Waals surface area contributed by atoms with E-state index < -0.39 is 5.54 Å². The summed E-state index contributed by atoms with van der Waals surface area (Å²) in [4.78, 5) is 25.8. The fraction of sp³-hybridized carbons (Fsp3) is 0.857. The maximum absolute atomic E-state index is 12.1. The molecule has 0 bridgehead atoms. The molecule has 2 N–H and O–H groups in total. The van der Waals surface area contributed by atoms with E-state index in [9.17, 15) is 14.7 Å². The quantitative estimate of drug-likeness (QED) is 0.780. The molecule has 0 aliphatic carbocycles. The number of aliphatic hydroxyl groups is 1. The van der Waals surface area contributed by atoms with Gasteiger partial charge in [-0.1, -0.05) is 6.92 Å². The van der Waals surface area contributed by atoms with Crippen molar-refractivity contribution in [3.8, 4) is 0 Å². The number of aliphatic hydroxyl groups excluding tert-OH is 1. The van der Waals surface area contributed by atoms with E-state index in [1.54, 1.807) is 18.7 Å². The highest BCUT2D eigenvalue weighted by Gasteiger charge is 2.30. The normalized spacial score (nSPS) is 20.2. The number of piperidine rings is 1. The van der Waals surface area contributed by atoms with Crippen LogP contribution in [0.2, 0.25) is 0 Å². The summed E-state index contributed by atoms with van der Waals surface area (Å²) in [6.07, 6.45) is 3.07. The number of likely N-dealkylation sites (tertiary alicyclic amines) is 1. The standard InChI is InChI=1S/C14H26N2O3/c1-4-6-12(18)16-8-5-7-11(9-16)13(19)15-14(2,3)10-17/h11,17H,4-10H2,1-3H3,(H,15,19). The Kier molecular flexibility index (Phi) is 5.79. The molecule has 5 nitrogen and oxygen atoms in total. The second kappa shape index (κ2) is 6.89. The zero-order valence-corrected chi connectivity index (χ0v) is 12.2. The van der Waals surface area contributed by atoms with Crippen molar-refractivity contribution in [1.29, 1.82) is 0 Å². The van der Waals surface area contributed by atoms with Crippen LogP contribution in [0.1, 0.15) is 46.5 Å². The Morgan fingerprint density at radius 3 is 2.68 bits per heavy atom. The van der Waals surface area contributed by atoms with Gasteiger partial charge in [0.25, 0.3) is 0 Å². The lowest BCUT2D eigenvalue weighted by Gasteiger charge is -2.34. The molecule has 0 aromatic rings. The van der Waals surface area contributed by atoms with Gasteiger partial charge in [0.1, 0.15) is 0 Å². The van der Waals surface area contributed by atoms with Crippen molar-refractivity contribution in [2.75, 3.05) is 19.7 Å². The van der Waals surface area contributed by atoms with E-state index in [4.69, 9.17) is 0 Å². The largest absolute Gasteiger partial charge is 0.394 e. The maximum Gasteiger partial charge on any atom is 0.225 e. The third-order valence-corrected chi connectivity index (χ3v) is 3.47. The SMILES string of the molecule is CCCC(=O)N1CCCC(C(=O)NC(C)(C)CO)C1. The second-order valence-electron chi connectivity index (χ2n) is 5.96. The molecule has 1 rings (SSSR count). The Bertz CT molecular complexity index is 329. The minimum absolute atomic E-state index is 0.0620. The number of carbonyl (C=O) groups excluding carboxylic acids is 2. The Morgan fingerprint density at radius 1 is 1.42 bits per heavy atom. The Hall–Kier alpha value is -1.10. The molecule has 1 saturated heterocycles. The highest BCUT2D eigenvalue weighted by Crippen LogP contribution is 2.18. The van der Waals surface area contributed by atoms with Gasteiger partial charge in [0.15, 0.2) is 0 Å². The van der Waals surface area contributed by atoms with Crippen molar-refractivity contribution in [2.24, 2.45) is 5.92 Å². The molecule has 19 heavy (non-hydrogen) atoms. The molecule has 5 heteroatoms. The summed E-state index contributed by atoms with van der Waals surface area (Å²) in [6, 6.07) is 0. The van der Waals surface area contributed by atoms with Crippen LogP contribution in [0.4, 0.5) is 0 Å². The van der Waals surface area contributed by atoms with Crippen LogP contribution in [0.5, 0.6) is 0 Å². The van der Waals surface area contributed by atoms with E-state index in [2.05, 4.69) is 5.32 Å². The fourth-order valence-electron chi connectivity index (χ4n) is 2.26. The van der Waals surface area contributed by atoms with Gasteiger partial charge in [-0.3, -0.25) is 9.59 Å². The lowest BCUT2D eigenvalue weighted by atomic mass is 9.95. The Balaban J connectivity index is 2.54. The first-order valence-electron chi connectivity index (χ1n) is 7.10. The maximum atomic E-state index is 12.1. The van der Waals surface area contributed by atoms with Gasteiger partial charge in [-0.05, 0) is 33.1 Å². The summed E-state index contributed by atoms with van der Waals surface area (Å²) < 4.78 is 0. The number of hydrogen-bond donors (Lipinski definition) is 2.